The van der Waals surface area contributed by atoms with Crippen LogP contribution in [-0.2, 0) is 9.63 Å². The molecule has 4 nitrogen and oxygen atoms in total. The van der Waals surface area contributed by atoms with Crippen LogP contribution in [0.1, 0.15) is 0 Å². The Labute approximate surface area is 153 Å². The number of carbonyl (C=O) groups is 1. The van der Waals surface area contributed by atoms with E-state index in [1.165, 1.54) is 7.11 Å². The lowest BCUT2D eigenvalue weighted by Crippen LogP contribution is -2.30. The van der Waals surface area contributed by atoms with Crippen LogP contribution in [-0.4, -0.2) is 31.7 Å². The minimum absolute atomic E-state index is 0.0865. The average molecular weight is 347 g/mol. The van der Waals surface area contributed by atoms with Gasteiger partial charge in [-0.05, 0) is 40.5 Å². The predicted molar refractivity (Wildman–Crippen MR) is 103 cm³/mol. The first-order chi connectivity index (χ1) is 12.7. The average Bonchev–Trinajstić information content (AvgIpc) is 2.72. The van der Waals surface area contributed by atoms with Crippen molar-refractivity contribution in [2.45, 2.75) is 0 Å². The van der Waals surface area contributed by atoms with E-state index in [0.29, 0.717) is 5.75 Å². The van der Waals surface area contributed by atoms with E-state index in [4.69, 9.17) is 9.57 Å². The Hall–Kier alpha value is -3.11. The van der Waals surface area contributed by atoms with Crippen molar-refractivity contribution in [3.05, 3.63) is 78.9 Å². The van der Waals surface area contributed by atoms with Gasteiger partial charge in [-0.3, -0.25) is 9.63 Å². The number of hydroxylamine groups is 2. The van der Waals surface area contributed by atoms with E-state index in [2.05, 4.69) is 30.3 Å². The molecule has 0 unspecified atom stereocenters. The summed E-state index contributed by atoms with van der Waals surface area (Å²) in [7, 11) is 3.00. The van der Waals surface area contributed by atoms with Gasteiger partial charge in [-0.25, -0.2) is 5.06 Å². The minimum atomic E-state index is -0.251. The number of hydrogen-bond donors (Lipinski definition) is 0. The van der Waals surface area contributed by atoms with Gasteiger partial charge in [0.2, 0.25) is 0 Å². The van der Waals surface area contributed by atoms with Crippen LogP contribution in [0.15, 0.2) is 78.9 Å². The van der Waals surface area contributed by atoms with Gasteiger partial charge in [-0.1, -0.05) is 60.7 Å². The van der Waals surface area contributed by atoms with Crippen molar-refractivity contribution in [1.82, 2.24) is 5.06 Å². The smallest absolute Gasteiger partial charge is 0.283 e. The van der Waals surface area contributed by atoms with Crippen molar-refractivity contribution in [3.63, 3.8) is 0 Å². The normalized spacial score (nSPS) is 10.4. The molecule has 3 aromatic carbocycles. The third-order valence-electron chi connectivity index (χ3n) is 4.11. The molecule has 0 aliphatic rings. The number of carbonyl (C=O) groups excluding carboxylic acids is 1. The lowest BCUT2D eigenvalue weighted by atomic mass is 9.98. The molecule has 0 aliphatic heterocycles. The van der Waals surface area contributed by atoms with E-state index in [0.717, 1.165) is 27.3 Å². The van der Waals surface area contributed by atoms with Crippen LogP contribution in [0.4, 0.5) is 0 Å². The third kappa shape index (κ3) is 4.29. The fourth-order valence-electron chi connectivity index (χ4n) is 2.61. The van der Waals surface area contributed by atoms with Crippen molar-refractivity contribution < 1.29 is 14.4 Å². The van der Waals surface area contributed by atoms with Crippen LogP contribution in [0.2, 0.25) is 0 Å². The highest BCUT2D eigenvalue weighted by atomic mass is 16.7. The SMILES string of the molecule is CON(C)C(=O)COc1cc(-c2ccccc2)cc(-c2ccccc2)c1. The molecule has 0 spiro atoms. The van der Waals surface area contributed by atoms with E-state index in [1.807, 2.05) is 48.5 Å². The second-order valence-corrected chi connectivity index (χ2v) is 5.84. The molecule has 3 aromatic rings. The zero-order valence-corrected chi connectivity index (χ0v) is 14.9. The lowest BCUT2D eigenvalue weighted by molar-refractivity contribution is -0.170. The fraction of sp³-hybridized carbons (Fsp3) is 0.136. The summed E-state index contributed by atoms with van der Waals surface area (Å²) in [6, 6.07) is 26.2. The summed E-state index contributed by atoms with van der Waals surface area (Å²) in [4.78, 5) is 16.8. The molecule has 0 aliphatic carbocycles. The maximum atomic E-state index is 11.9. The third-order valence-corrected chi connectivity index (χ3v) is 4.11. The van der Waals surface area contributed by atoms with E-state index >= 15 is 0 Å². The molecule has 0 N–H and O–H groups in total. The van der Waals surface area contributed by atoms with Crippen LogP contribution in [0, 0.1) is 0 Å². The molecule has 0 saturated heterocycles. The molecule has 0 heterocycles. The Kier molecular flexibility index (Phi) is 5.66. The molecular weight excluding hydrogens is 326 g/mol. The summed E-state index contributed by atoms with van der Waals surface area (Å²) < 4.78 is 5.74. The van der Waals surface area contributed by atoms with Crippen molar-refractivity contribution in [2.24, 2.45) is 0 Å². The molecule has 0 bridgehead atoms. The largest absolute Gasteiger partial charge is 0.484 e. The summed E-state index contributed by atoms with van der Waals surface area (Å²) in [6.45, 7) is -0.0865. The van der Waals surface area contributed by atoms with Gasteiger partial charge in [-0.15, -0.1) is 0 Å². The van der Waals surface area contributed by atoms with Crippen molar-refractivity contribution >= 4 is 5.91 Å². The van der Waals surface area contributed by atoms with E-state index in [-0.39, 0.29) is 12.5 Å². The Morgan fingerprint density at radius 2 is 1.31 bits per heavy atom. The highest BCUT2D eigenvalue weighted by Crippen LogP contribution is 2.31. The maximum absolute atomic E-state index is 11.9. The molecular formula is C22H21NO3. The fourth-order valence-corrected chi connectivity index (χ4v) is 2.61. The van der Waals surface area contributed by atoms with E-state index < -0.39 is 0 Å². The minimum Gasteiger partial charge on any atom is -0.484 e. The van der Waals surface area contributed by atoms with Gasteiger partial charge in [-0.2, -0.15) is 0 Å². The zero-order chi connectivity index (χ0) is 18.4. The second kappa shape index (κ2) is 8.32. The second-order valence-electron chi connectivity index (χ2n) is 5.84. The Balaban J connectivity index is 1.94. The van der Waals surface area contributed by atoms with Gasteiger partial charge in [0.05, 0.1) is 7.11 Å². The zero-order valence-electron chi connectivity index (χ0n) is 14.9. The maximum Gasteiger partial charge on any atom is 0.283 e. The molecule has 4 heteroatoms. The Bertz CT molecular complexity index is 805. The molecule has 3 rings (SSSR count). The van der Waals surface area contributed by atoms with Gasteiger partial charge in [0, 0.05) is 7.05 Å². The number of benzene rings is 3. The number of rotatable bonds is 6. The molecule has 0 fully saturated rings. The first kappa shape index (κ1) is 17.7. The van der Waals surface area contributed by atoms with Crippen LogP contribution >= 0.6 is 0 Å². The van der Waals surface area contributed by atoms with Crippen molar-refractivity contribution in [3.8, 4) is 28.0 Å². The molecule has 132 valence electrons. The van der Waals surface area contributed by atoms with Gasteiger partial charge in [0.1, 0.15) is 5.75 Å². The van der Waals surface area contributed by atoms with Gasteiger partial charge in [0.15, 0.2) is 6.61 Å². The summed E-state index contributed by atoms with van der Waals surface area (Å²) >= 11 is 0. The van der Waals surface area contributed by atoms with Crippen molar-refractivity contribution in [1.29, 1.82) is 0 Å². The monoisotopic (exact) mass is 347 g/mol. The molecule has 0 saturated carbocycles. The summed E-state index contributed by atoms with van der Waals surface area (Å²) in [6.07, 6.45) is 0. The quantitative estimate of drug-likeness (QED) is 0.620. The first-order valence-corrected chi connectivity index (χ1v) is 8.37. The number of nitrogens with zero attached hydrogens (tertiary/aromatic N) is 1. The van der Waals surface area contributed by atoms with Gasteiger partial charge < -0.3 is 4.74 Å². The van der Waals surface area contributed by atoms with Crippen LogP contribution in [0.25, 0.3) is 22.3 Å². The molecule has 1 amide bonds. The topological polar surface area (TPSA) is 38.8 Å². The number of likely N-dealkylation sites (N-methyl/N-ethyl adjacent to an activating group) is 1. The highest BCUT2D eigenvalue weighted by Gasteiger charge is 2.11. The standard InChI is InChI=1S/C22H21NO3/c1-23(25-2)22(24)16-26-21-14-19(17-9-5-3-6-10-17)13-20(15-21)18-11-7-4-8-12-18/h3-15H,16H2,1-2H3. The van der Waals surface area contributed by atoms with Gasteiger partial charge >= 0.3 is 0 Å². The Morgan fingerprint density at radius 3 is 1.77 bits per heavy atom. The lowest BCUT2D eigenvalue weighted by Gasteiger charge is -2.15. The van der Waals surface area contributed by atoms with Crippen LogP contribution in [0.3, 0.4) is 0 Å². The number of ether oxygens (including phenoxy) is 1. The van der Waals surface area contributed by atoms with E-state index in [9.17, 15) is 4.79 Å². The van der Waals surface area contributed by atoms with Gasteiger partial charge in [0.25, 0.3) is 5.91 Å². The summed E-state index contributed by atoms with van der Waals surface area (Å²) in [5.41, 5.74) is 4.26. The highest BCUT2D eigenvalue weighted by molar-refractivity contribution is 5.77. The number of amides is 1. The van der Waals surface area contributed by atoms with E-state index in [1.54, 1.807) is 7.05 Å². The van der Waals surface area contributed by atoms with Crippen LogP contribution in [0.5, 0.6) is 5.75 Å². The molecule has 0 aromatic heterocycles. The summed E-state index contributed by atoms with van der Waals surface area (Å²) in [5, 5.41) is 1.15. The van der Waals surface area contributed by atoms with Crippen LogP contribution < -0.4 is 4.74 Å². The first-order valence-electron chi connectivity index (χ1n) is 8.37. The summed E-state index contributed by atoms with van der Waals surface area (Å²) in [5.74, 6) is 0.391. The molecule has 0 atom stereocenters. The Morgan fingerprint density at radius 1 is 0.808 bits per heavy atom. The van der Waals surface area contributed by atoms with Crippen molar-refractivity contribution in [2.75, 3.05) is 20.8 Å². The predicted octanol–water partition coefficient (Wildman–Crippen LogP) is 4.42. The molecule has 26 heavy (non-hydrogen) atoms. The molecule has 0 radical (unpaired) electrons. The number of hydrogen-bond acceptors (Lipinski definition) is 3.